The van der Waals surface area contributed by atoms with E-state index in [1.165, 1.54) is 0 Å². The molecule has 1 saturated heterocycles. The van der Waals surface area contributed by atoms with E-state index < -0.39 is 5.97 Å². The summed E-state index contributed by atoms with van der Waals surface area (Å²) in [4.78, 5) is 25.2. The van der Waals surface area contributed by atoms with Crippen molar-refractivity contribution in [1.29, 1.82) is 0 Å². The van der Waals surface area contributed by atoms with Gasteiger partial charge in [-0.3, -0.25) is 9.59 Å². The van der Waals surface area contributed by atoms with Crippen molar-refractivity contribution in [3.05, 3.63) is 34.3 Å². The fourth-order valence-electron chi connectivity index (χ4n) is 2.66. The van der Waals surface area contributed by atoms with Crippen LogP contribution in [0.4, 0.5) is 0 Å². The lowest BCUT2D eigenvalue weighted by Gasteiger charge is -2.24. The molecule has 0 saturated carbocycles. The van der Waals surface area contributed by atoms with Gasteiger partial charge < -0.3 is 14.7 Å². The van der Waals surface area contributed by atoms with Gasteiger partial charge in [0.2, 0.25) is 0 Å². The molecule has 2 rings (SSSR count). The topological polar surface area (TPSA) is 66.8 Å². The minimum absolute atomic E-state index is 0.0883. The summed E-state index contributed by atoms with van der Waals surface area (Å²) in [6.45, 7) is 2.22. The second-order valence-corrected chi connectivity index (χ2v) is 5.62. The number of halogens is 1. The predicted molar refractivity (Wildman–Crippen MR) is 78.7 cm³/mol. The Balaban J connectivity index is 2.27. The van der Waals surface area contributed by atoms with Crippen LogP contribution >= 0.6 is 11.6 Å². The van der Waals surface area contributed by atoms with Gasteiger partial charge in [0.05, 0.1) is 23.1 Å². The van der Waals surface area contributed by atoms with Crippen molar-refractivity contribution < 1.29 is 19.4 Å². The standard InChI is InChI=1S/C15H18ClNO4/c1-9-4-3-5-12(14(9)16)15(20)17-8-11(21-2)6-10(17)7-13(18)19/h3-5,10-11H,6-8H2,1-2H3,(H,18,19). The van der Waals surface area contributed by atoms with Crippen LogP contribution in [0.25, 0.3) is 0 Å². The summed E-state index contributed by atoms with van der Waals surface area (Å²) in [5.74, 6) is -1.17. The number of carbonyl (C=O) groups is 2. The average molecular weight is 312 g/mol. The molecule has 1 aliphatic rings. The van der Waals surface area contributed by atoms with Gasteiger partial charge in [-0.2, -0.15) is 0 Å². The van der Waals surface area contributed by atoms with Crippen LogP contribution in [0.5, 0.6) is 0 Å². The lowest BCUT2D eigenvalue weighted by molar-refractivity contribution is -0.137. The zero-order chi connectivity index (χ0) is 15.6. The van der Waals surface area contributed by atoms with Gasteiger partial charge in [0.1, 0.15) is 0 Å². The number of hydrogen-bond donors (Lipinski definition) is 1. The van der Waals surface area contributed by atoms with Gasteiger partial charge in [0, 0.05) is 19.7 Å². The molecular formula is C15H18ClNO4. The van der Waals surface area contributed by atoms with Crippen LogP contribution in [0.2, 0.25) is 5.02 Å². The molecule has 0 spiro atoms. The molecule has 1 aliphatic heterocycles. The van der Waals surface area contributed by atoms with E-state index in [-0.39, 0.29) is 24.5 Å². The Hall–Kier alpha value is -1.59. The minimum atomic E-state index is -0.926. The lowest BCUT2D eigenvalue weighted by atomic mass is 10.1. The number of carboxylic acid groups (broad SMARTS) is 1. The van der Waals surface area contributed by atoms with E-state index in [4.69, 9.17) is 21.4 Å². The van der Waals surface area contributed by atoms with Crippen molar-refractivity contribution in [3.63, 3.8) is 0 Å². The maximum atomic E-state index is 12.7. The van der Waals surface area contributed by atoms with Gasteiger partial charge in [0.15, 0.2) is 0 Å². The predicted octanol–water partition coefficient (Wildman–Crippen LogP) is 2.35. The molecule has 2 atom stereocenters. The Morgan fingerprint density at radius 1 is 1.48 bits per heavy atom. The van der Waals surface area contributed by atoms with E-state index in [2.05, 4.69) is 0 Å². The van der Waals surface area contributed by atoms with Gasteiger partial charge in [-0.15, -0.1) is 0 Å². The fourth-order valence-corrected chi connectivity index (χ4v) is 2.86. The zero-order valence-corrected chi connectivity index (χ0v) is 12.8. The van der Waals surface area contributed by atoms with Crippen molar-refractivity contribution in [2.45, 2.75) is 31.9 Å². The van der Waals surface area contributed by atoms with Gasteiger partial charge in [-0.1, -0.05) is 23.7 Å². The molecule has 0 aromatic heterocycles. The maximum Gasteiger partial charge on any atom is 0.305 e. The van der Waals surface area contributed by atoms with E-state index in [1.807, 2.05) is 13.0 Å². The quantitative estimate of drug-likeness (QED) is 0.927. The summed E-state index contributed by atoms with van der Waals surface area (Å²) < 4.78 is 5.27. The Bertz CT molecular complexity index is 561. The van der Waals surface area contributed by atoms with Crippen molar-refractivity contribution in [2.75, 3.05) is 13.7 Å². The highest BCUT2D eigenvalue weighted by Crippen LogP contribution is 2.28. The number of methoxy groups -OCH3 is 1. The summed E-state index contributed by atoms with van der Waals surface area (Å²) in [6, 6.07) is 4.90. The highest BCUT2D eigenvalue weighted by Gasteiger charge is 2.37. The number of rotatable bonds is 4. The van der Waals surface area contributed by atoms with E-state index in [0.29, 0.717) is 23.6 Å². The summed E-state index contributed by atoms with van der Waals surface area (Å²) in [5, 5.41) is 9.41. The molecule has 2 unspecified atom stereocenters. The van der Waals surface area contributed by atoms with Crippen LogP contribution in [-0.2, 0) is 9.53 Å². The third kappa shape index (κ3) is 3.36. The first-order valence-electron chi connectivity index (χ1n) is 6.74. The molecule has 1 heterocycles. The molecule has 5 nitrogen and oxygen atoms in total. The van der Waals surface area contributed by atoms with Gasteiger partial charge in [-0.25, -0.2) is 0 Å². The van der Waals surface area contributed by atoms with Crippen molar-refractivity contribution in [3.8, 4) is 0 Å². The Kier molecular flexibility index (Phi) is 4.85. The molecule has 114 valence electrons. The van der Waals surface area contributed by atoms with Crippen LogP contribution in [0.15, 0.2) is 18.2 Å². The number of hydrogen-bond acceptors (Lipinski definition) is 3. The molecule has 1 aromatic carbocycles. The fraction of sp³-hybridized carbons (Fsp3) is 0.467. The highest BCUT2D eigenvalue weighted by molar-refractivity contribution is 6.34. The average Bonchev–Trinajstić information content (AvgIpc) is 2.83. The van der Waals surface area contributed by atoms with Crippen molar-refractivity contribution in [2.24, 2.45) is 0 Å². The summed E-state index contributed by atoms with van der Waals surface area (Å²) in [6.07, 6.45) is 0.300. The van der Waals surface area contributed by atoms with Crippen molar-refractivity contribution >= 4 is 23.5 Å². The second kappa shape index (κ2) is 6.45. The number of nitrogens with zero attached hydrogens (tertiary/aromatic N) is 1. The molecule has 1 amide bonds. The third-order valence-corrected chi connectivity index (χ3v) is 4.30. The number of amides is 1. The minimum Gasteiger partial charge on any atom is -0.481 e. The van der Waals surface area contributed by atoms with Crippen LogP contribution in [0.3, 0.4) is 0 Å². The van der Waals surface area contributed by atoms with Gasteiger partial charge in [-0.05, 0) is 25.0 Å². The lowest BCUT2D eigenvalue weighted by Crippen LogP contribution is -2.37. The summed E-state index contributed by atoms with van der Waals surface area (Å²) in [7, 11) is 1.57. The number of carbonyl (C=O) groups excluding carboxylic acids is 1. The van der Waals surface area contributed by atoms with E-state index in [1.54, 1.807) is 24.1 Å². The first-order chi connectivity index (χ1) is 9.93. The number of benzene rings is 1. The smallest absolute Gasteiger partial charge is 0.305 e. The molecule has 1 fully saturated rings. The maximum absolute atomic E-state index is 12.7. The van der Waals surface area contributed by atoms with Crippen LogP contribution in [0.1, 0.15) is 28.8 Å². The van der Waals surface area contributed by atoms with Crippen LogP contribution in [-0.4, -0.2) is 47.7 Å². The zero-order valence-electron chi connectivity index (χ0n) is 12.0. The first-order valence-corrected chi connectivity index (χ1v) is 7.12. The van der Waals surface area contributed by atoms with E-state index in [9.17, 15) is 9.59 Å². The molecule has 0 radical (unpaired) electrons. The largest absolute Gasteiger partial charge is 0.481 e. The second-order valence-electron chi connectivity index (χ2n) is 5.24. The van der Waals surface area contributed by atoms with Gasteiger partial charge >= 0.3 is 5.97 Å². The number of likely N-dealkylation sites (tertiary alicyclic amines) is 1. The third-order valence-electron chi connectivity index (χ3n) is 3.80. The molecule has 0 bridgehead atoms. The Morgan fingerprint density at radius 2 is 2.19 bits per heavy atom. The summed E-state index contributed by atoms with van der Waals surface area (Å²) >= 11 is 6.20. The van der Waals surface area contributed by atoms with Crippen molar-refractivity contribution in [1.82, 2.24) is 4.90 Å². The molecule has 0 aliphatic carbocycles. The molecule has 1 aromatic rings. The van der Waals surface area contributed by atoms with Crippen LogP contribution in [0, 0.1) is 6.92 Å². The normalized spacial score (nSPS) is 21.6. The molecule has 6 heteroatoms. The summed E-state index contributed by atoms with van der Waals surface area (Å²) in [5.41, 5.74) is 1.23. The molecule has 1 N–H and O–H groups in total. The van der Waals surface area contributed by atoms with E-state index >= 15 is 0 Å². The Labute approximate surface area is 128 Å². The number of aryl methyl sites for hydroxylation is 1. The van der Waals surface area contributed by atoms with E-state index in [0.717, 1.165) is 5.56 Å². The SMILES string of the molecule is COC1CC(CC(=O)O)N(C(=O)c2cccc(C)c2Cl)C1. The first kappa shape index (κ1) is 15.8. The number of aliphatic carboxylic acids is 1. The van der Waals surface area contributed by atoms with Gasteiger partial charge in [0.25, 0.3) is 5.91 Å². The number of carboxylic acids is 1. The monoisotopic (exact) mass is 311 g/mol. The Morgan fingerprint density at radius 3 is 2.81 bits per heavy atom. The molecule has 21 heavy (non-hydrogen) atoms. The number of ether oxygens (including phenoxy) is 1. The molecular weight excluding hydrogens is 294 g/mol. The van der Waals surface area contributed by atoms with Crippen LogP contribution < -0.4 is 0 Å². The highest BCUT2D eigenvalue weighted by atomic mass is 35.5.